The van der Waals surface area contributed by atoms with Crippen molar-refractivity contribution in [3.8, 4) is 0 Å². The van der Waals surface area contributed by atoms with Gasteiger partial charge in [0.25, 0.3) is 0 Å². The van der Waals surface area contributed by atoms with Crippen LogP contribution in [0.2, 0.25) is 0 Å². The average Bonchev–Trinajstić information content (AvgIpc) is 2.06. The summed E-state index contributed by atoms with van der Waals surface area (Å²) in [5.74, 6) is 0.330. The highest BCUT2D eigenvalue weighted by Gasteiger charge is 2.15. The predicted molar refractivity (Wildman–Crippen MR) is 43.5 cm³/mol. The Morgan fingerprint density at radius 2 is 2.36 bits per heavy atom. The molecule has 0 amide bonds. The zero-order valence-electron chi connectivity index (χ0n) is 7.14. The molecule has 2 nitrogen and oxygen atoms in total. The van der Waals surface area contributed by atoms with E-state index in [1.54, 1.807) is 0 Å². The molecule has 1 aliphatic rings. The van der Waals surface area contributed by atoms with Crippen molar-refractivity contribution in [3.05, 3.63) is 0 Å². The summed E-state index contributed by atoms with van der Waals surface area (Å²) in [5.41, 5.74) is 0. The molecule has 1 unspecified atom stereocenters. The van der Waals surface area contributed by atoms with Crippen LogP contribution >= 0.6 is 0 Å². The maximum Gasteiger partial charge on any atom is 0.135 e. The van der Waals surface area contributed by atoms with Gasteiger partial charge in [-0.2, -0.15) is 0 Å². The molecule has 1 heterocycles. The van der Waals surface area contributed by atoms with E-state index in [0.29, 0.717) is 18.6 Å². The normalized spacial score (nSPS) is 25.0. The van der Waals surface area contributed by atoms with Crippen LogP contribution in [0.4, 0.5) is 0 Å². The highest BCUT2D eigenvalue weighted by molar-refractivity contribution is 5.78. The third-order valence-electron chi connectivity index (χ3n) is 2.12. The summed E-state index contributed by atoms with van der Waals surface area (Å²) < 4.78 is 5.43. The van der Waals surface area contributed by atoms with Gasteiger partial charge < -0.3 is 4.74 Å². The zero-order valence-corrected chi connectivity index (χ0v) is 7.14. The van der Waals surface area contributed by atoms with Crippen molar-refractivity contribution in [2.45, 2.75) is 45.1 Å². The van der Waals surface area contributed by atoms with Crippen LogP contribution in [0.3, 0.4) is 0 Å². The Kier molecular flexibility index (Phi) is 3.57. The minimum Gasteiger partial charge on any atom is -0.378 e. The van der Waals surface area contributed by atoms with Crippen molar-refractivity contribution in [2.75, 3.05) is 6.61 Å². The van der Waals surface area contributed by atoms with Gasteiger partial charge in [-0.25, -0.2) is 0 Å². The van der Waals surface area contributed by atoms with Crippen LogP contribution in [0.1, 0.15) is 39.0 Å². The van der Waals surface area contributed by atoms with E-state index in [0.717, 1.165) is 19.4 Å². The Hall–Kier alpha value is -0.370. The fourth-order valence-electron chi connectivity index (χ4n) is 1.37. The maximum absolute atomic E-state index is 11.0. The van der Waals surface area contributed by atoms with Gasteiger partial charge in [-0.1, -0.05) is 6.92 Å². The SMILES string of the molecule is CCC(=O)CC1CCCCO1. The molecule has 0 aromatic carbocycles. The molecule has 1 aliphatic heterocycles. The van der Waals surface area contributed by atoms with Gasteiger partial charge in [-0.15, -0.1) is 0 Å². The van der Waals surface area contributed by atoms with E-state index in [1.807, 2.05) is 6.92 Å². The predicted octanol–water partition coefficient (Wildman–Crippen LogP) is 1.92. The Balaban J connectivity index is 2.19. The van der Waals surface area contributed by atoms with E-state index in [-0.39, 0.29) is 6.10 Å². The van der Waals surface area contributed by atoms with Gasteiger partial charge in [-0.05, 0) is 19.3 Å². The smallest absolute Gasteiger partial charge is 0.135 e. The average molecular weight is 156 g/mol. The fourth-order valence-corrected chi connectivity index (χ4v) is 1.37. The molecule has 1 rings (SSSR count). The number of hydrogen-bond acceptors (Lipinski definition) is 2. The molecule has 1 fully saturated rings. The quantitative estimate of drug-likeness (QED) is 0.624. The summed E-state index contributed by atoms with van der Waals surface area (Å²) in [5, 5.41) is 0. The molecule has 0 spiro atoms. The molecule has 64 valence electrons. The Labute approximate surface area is 67.9 Å². The number of rotatable bonds is 3. The van der Waals surface area contributed by atoms with E-state index in [4.69, 9.17) is 4.74 Å². The van der Waals surface area contributed by atoms with Crippen LogP contribution in [-0.4, -0.2) is 18.5 Å². The molecule has 0 radical (unpaired) electrons. The Morgan fingerprint density at radius 3 is 2.91 bits per heavy atom. The molecule has 0 aliphatic carbocycles. The van der Waals surface area contributed by atoms with E-state index in [1.165, 1.54) is 6.42 Å². The lowest BCUT2D eigenvalue weighted by Crippen LogP contribution is -2.21. The van der Waals surface area contributed by atoms with Crippen molar-refractivity contribution in [1.29, 1.82) is 0 Å². The largest absolute Gasteiger partial charge is 0.378 e. The first-order valence-electron chi connectivity index (χ1n) is 4.46. The van der Waals surface area contributed by atoms with Crippen LogP contribution in [0.5, 0.6) is 0 Å². The molecule has 0 bridgehead atoms. The van der Waals surface area contributed by atoms with Crippen LogP contribution < -0.4 is 0 Å². The molecule has 0 aromatic heterocycles. The summed E-state index contributed by atoms with van der Waals surface area (Å²) in [6.07, 6.45) is 4.98. The number of ether oxygens (including phenoxy) is 1. The van der Waals surface area contributed by atoms with Crippen LogP contribution in [-0.2, 0) is 9.53 Å². The Bertz CT molecular complexity index is 126. The molecular formula is C9H16O2. The van der Waals surface area contributed by atoms with Crippen LogP contribution in [0.15, 0.2) is 0 Å². The minimum absolute atomic E-state index is 0.233. The van der Waals surface area contributed by atoms with Gasteiger partial charge in [0.05, 0.1) is 6.10 Å². The van der Waals surface area contributed by atoms with Crippen molar-refractivity contribution in [1.82, 2.24) is 0 Å². The van der Waals surface area contributed by atoms with Crippen molar-refractivity contribution in [3.63, 3.8) is 0 Å². The van der Waals surface area contributed by atoms with Crippen LogP contribution in [0, 0.1) is 0 Å². The summed E-state index contributed by atoms with van der Waals surface area (Å²) in [6, 6.07) is 0. The lowest BCUT2D eigenvalue weighted by molar-refractivity contribution is -0.122. The lowest BCUT2D eigenvalue weighted by Gasteiger charge is -2.21. The van der Waals surface area contributed by atoms with E-state index >= 15 is 0 Å². The van der Waals surface area contributed by atoms with E-state index < -0.39 is 0 Å². The topological polar surface area (TPSA) is 26.3 Å². The molecular weight excluding hydrogens is 140 g/mol. The van der Waals surface area contributed by atoms with Crippen molar-refractivity contribution in [2.24, 2.45) is 0 Å². The molecule has 1 saturated heterocycles. The number of carbonyl (C=O) groups is 1. The highest BCUT2D eigenvalue weighted by atomic mass is 16.5. The molecule has 1 atom stereocenters. The van der Waals surface area contributed by atoms with Gasteiger partial charge in [0.1, 0.15) is 5.78 Å². The van der Waals surface area contributed by atoms with Gasteiger partial charge in [-0.3, -0.25) is 4.79 Å². The standard InChI is InChI=1S/C9H16O2/c1-2-8(10)7-9-5-3-4-6-11-9/h9H,2-7H2,1H3. The second-order valence-corrected chi connectivity index (χ2v) is 3.08. The minimum atomic E-state index is 0.233. The molecule has 0 saturated carbocycles. The first-order valence-corrected chi connectivity index (χ1v) is 4.46. The molecule has 11 heavy (non-hydrogen) atoms. The van der Waals surface area contributed by atoms with Gasteiger partial charge >= 0.3 is 0 Å². The lowest BCUT2D eigenvalue weighted by atomic mass is 10.0. The van der Waals surface area contributed by atoms with E-state index in [2.05, 4.69) is 0 Å². The number of ketones is 1. The second-order valence-electron chi connectivity index (χ2n) is 3.08. The summed E-state index contributed by atoms with van der Waals surface area (Å²) in [7, 11) is 0. The molecule has 2 heteroatoms. The molecule has 0 N–H and O–H groups in total. The van der Waals surface area contributed by atoms with Gasteiger partial charge in [0, 0.05) is 19.4 Å². The fraction of sp³-hybridized carbons (Fsp3) is 0.889. The third-order valence-corrected chi connectivity index (χ3v) is 2.12. The van der Waals surface area contributed by atoms with Crippen molar-refractivity contribution >= 4 is 5.78 Å². The highest BCUT2D eigenvalue weighted by Crippen LogP contribution is 2.16. The monoisotopic (exact) mass is 156 g/mol. The first kappa shape index (κ1) is 8.72. The first-order chi connectivity index (χ1) is 5.33. The van der Waals surface area contributed by atoms with Gasteiger partial charge in [0.15, 0.2) is 0 Å². The number of hydrogen-bond donors (Lipinski definition) is 0. The van der Waals surface area contributed by atoms with E-state index in [9.17, 15) is 4.79 Å². The van der Waals surface area contributed by atoms with Crippen molar-refractivity contribution < 1.29 is 9.53 Å². The van der Waals surface area contributed by atoms with Gasteiger partial charge in [0.2, 0.25) is 0 Å². The molecule has 0 aromatic rings. The Morgan fingerprint density at radius 1 is 1.55 bits per heavy atom. The second kappa shape index (κ2) is 4.50. The number of Topliss-reactive ketones (excluding diaryl/α,β-unsaturated/α-hetero) is 1. The zero-order chi connectivity index (χ0) is 8.10. The maximum atomic E-state index is 11.0. The third kappa shape index (κ3) is 3.02. The summed E-state index contributed by atoms with van der Waals surface area (Å²) >= 11 is 0. The van der Waals surface area contributed by atoms with Crippen LogP contribution in [0.25, 0.3) is 0 Å². The number of carbonyl (C=O) groups excluding carboxylic acids is 1. The summed E-state index contributed by atoms with van der Waals surface area (Å²) in [6.45, 7) is 2.76. The summed E-state index contributed by atoms with van der Waals surface area (Å²) in [4.78, 5) is 11.0.